The topological polar surface area (TPSA) is 76.2 Å². The summed E-state index contributed by atoms with van der Waals surface area (Å²) in [5.74, 6) is -1.87. The summed E-state index contributed by atoms with van der Waals surface area (Å²) in [6, 6.07) is 7.16. The van der Waals surface area contributed by atoms with Gasteiger partial charge in [-0.25, -0.2) is 4.39 Å². The van der Waals surface area contributed by atoms with Gasteiger partial charge in [0.1, 0.15) is 11.9 Å². The van der Waals surface area contributed by atoms with Gasteiger partial charge in [-0.2, -0.15) is 0 Å². The van der Waals surface area contributed by atoms with Crippen molar-refractivity contribution in [2.24, 2.45) is 0 Å². The summed E-state index contributed by atoms with van der Waals surface area (Å²) < 4.78 is 25.3. The van der Waals surface area contributed by atoms with Crippen LogP contribution in [0.25, 0.3) is 0 Å². The van der Waals surface area contributed by atoms with Gasteiger partial charge in [0.2, 0.25) is 6.79 Å². The molecule has 12 heteroatoms. The van der Waals surface area contributed by atoms with E-state index < -0.39 is 35.6 Å². The number of β-lactam (4-membered cyclic amide) rings is 1. The van der Waals surface area contributed by atoms with E-state index in [0.29, 0.717) is 22.6 Å². The molecule has 0 aliphatic carbocycles. The monoisotopic (exact) mass is 580 g/mol. The third-order valence-corrected chi connectivity index (χ3v) is 8.45. The number of aryl methyl sites for hydroxylation is 1. The SMILES string of the molecule is Cc1ccc(N2C(=O)[C@H](N3C(=O)c4c(Cl)c(Cl)c(Cl)c(Cl)c4C3=O)[C@@H]2c2ccc3c(c2)OCO3)cc1F. The van der Waals surface area contributed by atoms with Crippen molar-refractivity contribution in [2.75, 3.05) is 11.7 Å². The molecule has 6 rings (SSSR count). The van der Waals surface area contributed by atoms with Gasteiger partial charge in [-0.05, 0) is 42.3 Å². The number of imide groups is 1. The number of nitrogens with zero attached hydrogens (tertiary/aromatic N) is 2. The van der Waals surface area contributed by atoms with Crippen molar-refractivity contribution in [3.63, 3.8) is 0 Å². The molecule has 0 N–H and O–H groups in total. The Hall–Kier alpha value is -3.04. The Balaban J connectivity index is 1.48. The Kier molecular flexibility index (Phi) is 5.58. The largest absolute Gasteiger partial charge is 0.454 e. The first kappa shape index (κ1) is 24.3. The van der Waals surface area contributed by atoms with Crippen molar-refractivity contribution in [3.8, 4) is 11.5 Å². The molecule has 0 unspecified atom stereocenters. The summed E-state index contributed by atoms with van der Waals surface area (Å²) in [6.45, 7) is 1.62. The average molecular weight is 582 g/mol. The van der Waals surface area contributed by atoms with Crippen LogP contribution in [0.1, 0.15) is 37.9 Å². The van der Waals surface area contributed by atoms with Crippen molar-refractivity contribution >= 4 is 69.8 Å². The molecule has 0 aromatic heterocycles. The zero-order valence-corrected chi connectivity index (χ0v) is 21.7. The van der Waals surface area contributed by atoms with Crippen molar-refractivity contribution < 1.29 is 28.2 Å². The summed E-state index contributed by atoms with van der Waals surface area (Å²) in [6.07, 6.45) is 0. The normalized spacial score (nSPS) is 20.0. The molecule has 0 saturated carbocycles. The zero-order chi connectivity index (χ0) is 26.3. The molecule has 3 aromatic rings. The van der Waals surface area contributed by atoms with Crippen LogP contribution < -0.4 is 14.4 Å². The van der Waals surface area contributed by atoms with Gasteiger partial charge < -0.3 is 14.4 Å². The molecule has 0 bridgehead atoms. The fourth-order valence-corrected chi connectivity index (χ4v) is 5.81. The van der Waals surface area contributed by atoms with Crippen molar-refractivity contribution in [1.29, 1.82) is 0 Å². The standard InChI is InChI=1S/C25H13Cl4FN2O5/c1-9-2-4-11(7-12(9)30)31-21(10-3-5-13-14(6-10)37-8-36-13)22(25(31)35)32-23(33)15-16(24(32)34)18(27)20(29)19(28)17(15)26/h2-7,21-22H,8H2,1H3/t21-,22+/m0/s1. The molecule has 3 aliphatic heterocycles. The number of halogens is 5. The number of fused-ring (bicyclic) bond motifs is 2. The first-order valence-corrected chi connectivity index (χ1v) is 12.4. The smallest absolute Gasteiger partial charge is 0.264 e. The highest BCUT2D eigenvalue weighted by Gasteiger charge is 2.58. The van der Waals surface area contributed by atoms with Gasteiger partial charge in [0.15, 0.2) is 11.5 Å². The van der Waals surface area contributed by atoms with Crippen molar-refractivity contribution in [1.82, 2.24) is 4.90 Å². The molecule has 3 heterocycles. The Labute approximate surface area is 229 Å². The van der Waals surface area contributed by atoms with E-state index in [0.717, 1.165) is 4.90 Å². The minimum Gasteiger partial charge on any atom is -0.454 e. The van der Waals surface area contributed by atoms with Crippen LogP contribution in [0.5, 0.6) is 11.5 Å². The number of hydrogen-bond donors (Lipinski definition) is 0. The molecule has 37 heavy (non-hydrogen) atoms. The number of rotatable bonds is 3. The summed E-state index contributed by atoms with van der Waals surface area (Å²) in [5, 5.41) is -0.843. The van der Waals surface area contributed by atoms with Crippen molar-refractivity contribution in [3.05, 3.63) is 84.6 Å². The lowest BCUT2D eigenvalue weighted by atomic mass is 9.86. The molecule has 188 valence electrons. The van der Waals surface area contributed by atoms with E-state index in [-0.39, 0.29) is 43.7 Å². The summed E-state index contributed by atoms with van der Waals surface area (Å²) >= 11 is 24.8. The van der Waals surface area contributed by atoms with Crippen LogP contribution in [-0.4, -0.2) is 35.5 Å². The third-order valence-electron chi connectivity index (χ3n) is 6.65. The number of hydrogen-bond acceptors (Lipinski definition) is 5. The quantitative estimate of drug-likeness (QED) is 0.159. The van der Waals surface area contributed by atoms with Crippen LogP contribution >= 0.6 is 46.4 Å². The number of ether oxygens (including phenoxy) is 2. The molecule has 0 radical (unpaired) electrons. The van der Waals surface area contributed by atoms with Gasteiger partial charge in [-0.1, -0.05) is 58.5 Å². The van der Waals surface area contributed by atoms with E-state index >= 15 is 0 Å². The maximum atomic E-state index is 14.5. The second-order valence-electron chi connectivity index (χ2n) is 8.63. The van der Waals surface area contributed by atoms with Crippen LogP contribution in [0.15, 0.2) is 36.4 Å². The highest BCUT2D eigenvalue weighted by atomic mass is 35.5. The van der Waals surface area contributed by atoms with E-state index in [1.807, 2.05) is 0 Å². The number of anilines is 1. The van der Waals surface area contributed by atoms with Gasteiger partial charge in [-0.3, -0.25) is 19.3 Å². The van der Waals surface area contributed by atoms with Crippen LogP contribution in [0, 0.1) is 12.7 Å². The van der Waals surface area contributed by atoms with Gasteiger partial charge in [-0.15, -0.1) is 0 Å². The molecule has 1 saturated heterocycles. The Morgan fingerprint density at radius 3 is 2.03 bits per heavy atom. The maximum Gasteiger partial charge on any atom is 0.264 e. The van der Waals surface area contributed by atoms with E-state index in [2.05, 4.69) is 0 Å². The van der Waals surface area contributed by atoms with Crippen LogP contribution in [-0.2, 0) is 4.79 Å². The molecule has 3 aromatic carbocycles. The van der Waals surface area contributed by atoms with Crippen LogP contribution in [0.4, 0.5) is 10.1 Å². The minimum atomic E-state index is -1.29. The lowest BCUT2D eigenvalue weighted by Gasteiger charge is -2.49. The van der Waals surface area contributed by atoms with Gasteiger partial charge >= 0.3 is 0 Å². The predicted octanol–water partition coefficient (Wildman–Crippen LogP) is 6.23. The van der Waals surface area contributed by atoms with Crippen LogP contribution in [0.2, 0.25) is 20.1 Å². The van der Waals surface area contributed by atoms with E-state index in [9.17, 15) is 18.8 Å². The summed E-state index contributed by atoms with van der Waals surface area (Å²) in [5.41, 5.74) is 0.711. The van der Waals surface area contributed by atoms with E-state index in [1.54, 1.807) is 31.2 Å². The Morgan fingerprint density at radius 2 is 1.41 bits per heavy atom. The lowest BCUT2D eigenvalue weighted by molar-refractivity contribution is -0.130. The molecule has 7 nitrogen and oxygen atoms in total. The first-order valence-electron chi connectivity index (χ1n) is 10.8. The average Bonchev–Trinajstić information content (AvgIpc) is 3.44. The van der Waals surface area contributed by atoms with Crippen molar-refractivity contribution in [2.45, 2.75) is 19.0 Å². The van der Waals surface area contributed by atoms with Crippen LogP contribution in [0.3, 0.4) is 0 Å². The van der Waals surface area contributed by atoms with Gasteiger partial charge in [0.25, 0.3) is 17.7 Å². The second kappa shape index (κ2) is 8.49. The first-order chi connectivity index (χ1) is 17.6. The number of benzene rings is 3. The third kappa shape index (κ3) is 3.36. The minimum absolute atomic E-state index is 0.0234. The summed E-state index contributed by atoms with van der Waals surface area (Å²) in [4.78, 5) is 42.7. The summed E-state index contributed by atoms with van der Waals surface area (Å²) in [7, 11) is 0. The zero-order valence-electron chi connectivity index (χ0n) is 18.7. The molecule has 3 amide bonds. The molecule has 1 fully saturated rings. The highest BCUT2D eigenvalue weighted by Crippen LogP contribution is 2.50. The molecule has 3 aliphatic rings. The second-order valence-corrected chi connectivity index (χ2v) is 10.1. The predicted molar refractivity (Wildman–Crippen MR) is 135 cm³/mol. The Bertz CT molecular complexity index is 1530. The number of amides is 3. The van der Waals surface area contributed by atoms with E-state index in [1.165, 1.54) is 17.0 Å². The number of carbonyl (C=O) groups is 3. The maximum absolute atomic E-state index is 14.5. The lowest BCUT2D eigenvalue weighted by Crippen LogP contribution is -2.67. The van der Waals surface area contributed by atoms with Gasteiger partial charge in [0, 0.05) is 5.69 Å². The van der Waals surface area contributed by atoms with Gasteiger partial charge in [0.05, 0.1) is 37.3 Å². The number of carbonyl (C=O) groups excluding carboxylic acids is 3. The Morgan fingerprint density at radius 1 is 0.784 bits per heavy atom. The molecule has 2 atom stereocenters. The molecular weight excluding hydrogens is 569 g/mol. The highest BCUT2D eigenvalue weighted by molar-refractivity contribution is 6.55. The fraction of sp³-hybridized carbons (Fsp3) is 0.160. The van der Waals surface area contributed by atoms with E-state index in [4.69, 9.17) is 55.9 Å². The fourth-order valence-electron chi connectivity index (χ4n) is 4.79. The molecule has 0 spiro atoms. The molecular formula is C25H13Cl4FN2O5.